The Morgan fingerprint density at radius 3 is 1.41 bits per heavy atom. The third-order valence-corrected chi connectivity index (χ3v) is 0.813. The molecule has 9 nitrogen and oxygen atoms in total. The smallest absolute Gasteiger partial charge is 0.264 e. The molecule has 0 bridgehead atoms. The maximum atomic E-state index is 8.74. The Labute approximate surface area is 98.3 Å². The van der Waals surface area contributed by atoms with Crippen LogP contribution < -0.4 is 0 Å². The van der Waals surface area contributed by atoms with Gasteiger partial charge in [0.25, 0.3) is 0 Å². The van der Waals surface area contributed by atoms with Gasteiger partial charge in [-0.25, -0.2) is 0 Å². The highest BCUT2D eigenvalue weighted by Crippen LogP contribution is 1.86. The minimum absolute atomic E-state index is 1.07. The summed E-state index contributed by atoms with van der Waals surface area (Å²) in [5.74, 6) is 0. The second kappa shape index (κ2) is 8.05. The van der Waals surface area contributed by atoms with Crippen molar-refractivity contribution in [2.24, 2.45) is 0 Å². The number of hydrogen-bond acceptors (Lipinski definition) is 5. The monoisotopic (exact) mass is 289 g/mol. The van der Waals surface area contributed by atoms with Crippen molar-refractivity contribution in [1.82, 2.24) is 4.98 Å². The Bertz CT molecular complexity index is 448. The van der Waals surface area contributed by atoms with Crippen molar-refractivity contribution in [1.29, 1.82) is 0 Å². The molecule has 1 rings (SSSR count). The first-order valence-electron chi connectivity index (χ1n) is 3.67. The van der Waals surface area contributed by atoms with E-state index in [0.717, 1.165) is 5.69 Å². The molecule has 17 heavy (non-hydrogen) atoms. The van der Waals surface area contributed by atoms with Crippen molar-refractivity contribution >= 4 is 20.8 Å². The summed E-state index contributed by atoms with van der Waals surface area (Å²) in [6.45, 7) is 1.97. The zero-order valence-electron chi connectivity index (χ0n) is 8.49. The van der Waals surface area contributed by atoms with Crippen molar-refractivity contribution in [2.45, 2.75) is 6.92 Å². The zero-order valence-corrected chi connectivity index (χ0v) is 10.1. The lowest BCUT2D eigenvalue weighted by Gasteiger charge is -1.82. The number of rotatable bonds is 0. The molecule has 1 aromatic heterocycles. The van der Waals surface area contributed by atoms with Gasteiger partial charge in [-0.3, -0.25) is 23.2 Å². The highest BCUT2D eigenvalue weighted by Gasteiger charge is 1.85. The molecule has 0 fully saturated rings. The molecule has 4 N–H and O–H groups in total. The normalized spacial score (nSPS) is 10.4. The Morgan fingerprint density at radius 1 is 0.941 bits per heavy atom. The largest absolute Gasteiger partial charge is 0.394 e. The van der Waals surface area contributed by atoms with E-state index in [2.05, 4.69) is 4.98 Å². The molecule has 0 saturated carbocycles. The van der Waals surface area contributed by atoms with Crippen molar-refractivity contribution < 1.29 is 35.0 Å². The van der Waals surface area contributed by atoms with Gasteiger partial charge >= 0.3 is 20.8 Å². The number of aryl methyl sites for hydroxylation is 1. The van der Waals surface area contributed by atoms with E-state index in [0.29, 0.717) is 0 Å². The second-order valence-corrected chi connectivity index (χ2v) is 4.16. The van der Waals surface area contributed by atoms with E-state index in [-0.39, 0.29) is 0 Å². The van der Waals surface area contributed by atoms with Crippen LogP contribution in [0.2, 0.25) is 0 Å². The van der Waals surface area contributed by atoms with Crippen LogP contribution in [0.5, 0.6) is 0 Å². The van der Waals surface area contributed by atoms with Gasteiger partial charge in [0.1, 0.15) is 0 Å². The summed E-state index contributed by atoms with van der Waals surface area (Å²) in [5.41, 5.74) is 1.07. The fraction of sp³-hybridized carbons (Fsp3) is 0.167. The van der Waals surface area contributed by atoms with Gasteiger partial charge in [-0.15, -0.1) is 0 Å². The fourth-order valence-corrected chi connectivity index (χ4v) is 0.448. The van der Waals surface area contributed by atoms with Gasteiger partial charge in [-0.2, -0.15) is 16.8 Å². The SMILES string of the molecule is Cc1ccccn1.O=S(=O)(O)O.O=S(=O)(O)O. The van der Waals surface area contributed by atoms with Crippen LogP contribution >= 0.6 is 0 Å². The summed E-state index contributed by atoms with van der Waals surface area (Å²) < 4.78 is 63.2. The molecule has 0 unspecified atom stereocenters. The van der Waals surface area contributed by atoms with Crippen molar-refractivity contribution in [3.8, 4) is 0 Å². The summed E-state index contributed by atoms with van der Waals surface area (Å²) in [6, 6.07) is 5.86. The van der Waals surface area contributed by atoms with Gasteiger partial charge in [0.15, 0.2) is 0 Å². The van der Waals surface area contributed by atoms with E-state index < -0.39 is 20.8 Å². The molecule has 1 aromatic rings. The molecule has 0 spiro atoms. The first-order valence-corrected chi connectivity index (χ1v) is 6.46. The lowest BCUT2D eigenvalue weighted by Crippen LogP contribution is -1.89. The molecule has 1 heterocycles. The lowest BCUT2D eigenvalue weighted by molar-refractivity contribution is 0.378. The molecule has 0 saturated heterocycles. The first-order chi connectivity index (χ1) is 7.39. The third-order valence-electron chi connectivity index (χ3n) is 0.813. The van der Waals surface area contributed by atoms with Gasteiger partial charge in [0.05, 0.1) is 0 Å². The average molecular weight is 289 g/mol. The van der Waals surface area contributed by atoms with E-state index in [1.54, 1.807) is 6.20 Å². The molecule has 0 atom stereocenters. The maximum Gasteiger partial charge on any atom is 0.394 e. The standard InChI is InChI=1S/C6H7N.2H2O4S/c1-6-4-2-3-5-7-6;2*1-5(2,3)4/h2-5H,1H3;2*(H2,1,2,3,4). The number of hydrogen-bond donors (Lipinski definition) is 4. The number of aromatic nitrogens is 1. The topological polar surface area (TPSA) is 162 Å². The molecule has 0 aliphatic carbocycles. The van der Waals surface area contributed by atoms with E-state index in [1.807, 2.05) is 25.1 Å². The minimum atomic E-state index is -4.67. The Morgan fingerprint density at radius 2 is 1.29 bits per heavy atom. The Balaban J connectivity index is 0. The van der Waals surface area contributed by atoms with E-state index in [4.69, 9.17) is 35.0 Å². The van der Waals surface area contributed by atoms with Gasteiger partial charge in [-0.05, 0) is 19.1 Å². The molecule has 0 amide bonds. The molecule has 0 aliphatic rings. The second-order valence-electron chi connectivity index (χ2n) is 2.37. The minimum Gasteiger partial charge on any atom is -0.264 e. The maximum absolute atomic E-state index is 8.74. The van der Waals surface area contributed by atoms with Crippen molar-refractivity contribution in [3.63, 3.8) is 0 Å². The summed E-state index contributed by atoms with van der Waals surface area (Å²) >= 11 is 0. The van der Waals surface area contributed by atoms with Crippen LogP contribution in [0.4, 0.5) is 0 Å². The predicted molar refractivity (Wildman–Crippen MR) is 57.3 cm³/mol. The molecule has 11 heteroatoms. The van der Waals surface area contributed by atoms with Crippen molar-refractivity contribution in [3.05, 3.63) is 30.1 Å². The Hall–Kier alpha value is -1.11. The van der Waals surface area contributed by atoms with Crippen LogP contribution in [-0.4, -0.2) is 40.0 Å². The predicted octanol–water partition coefficient (Wildman–Crippen LogP) is 0.0844. The summed E-state index contributed by atoms with van der Waals surface area (Å²) in [4.78, 5) is 3.98. The lowest BCUT2D eigenvalue weighted by atomic mass is 10.4. The molecular formula is C6H11NO8S2. The van der Waals surface area contributed by atoms with Crippen LogP contribution in [0, 0.1) is 6.92 Å². The summed E-state index contributed by atoms with van der Waals surface area (Å²) in [7, 11) is -9.33. The zero-order chi connectivity index (χ0) is 14.1. The summed E-state index contributed by atoms with van der Waals surface area (Å²) in [6.07, 6.45) is 1.79. The first kappa shape index (κ1) is 18.3. The molecular weight excluding hydrogens is 278 g/mol. The van der Waals surface area contributed by atoms with Gasteiger partial charge < -0.3 is 0 Å². The molecule has 0 aromatic carbocycles. The fourth-order valence-electron chi connectivity index (χ4n) is 0.448. The molecule has 100 valence electrons. The van der Waals surface area contributed by atoms with E-state index in [9.17, 15) is 0 Å². The highest BCUT2D eigenvalue weighted by molar-refractivity contribution is 7.80. The van der Waals surface area contributed by atoms with Crippen LogP contribution in [0.3, 0.4) is 0 Å². The van der Waals surface area contributed by atoms with E-state index >= 15 is 0 Å². The van der Waals surface area contributed by atoms with E-state index in [1.165, 1.54) is 0 Å². The van der Waals surface area contributed by atoms with Crippen LogP contribution in [-0.2, 0) is 20.8 Å². The van der Waals surface area contributed by atoms with Crippen LogP contribution in [0.15, 0.2) is 24.4 Å². The quantitative estimate of drug-likeness (QED) is 0.484. The third kappa shape index (κ3) is 52.1. The van der Waals surface area contributed by atoms with Gasteiger partial charge in [-0.1, -0.05) is 6.07 Å². The number of pyridine rings is 1. The number of nitrogens with zero attached hydrogens (tertiary/aromatic N) is 1. The molecule has 0 aliphatic heterocycles. The highest BCUT2D eigenvalue weighted by atomic mass is 32.3. The average Bonchev–Trinajstić information content (AvgIpc) is 1.98. The van der Waals surface area contributed by atoms with Crippen LogP contribution in [0.25, 0.3) is 0 Å². The van der Waals surface area contributed by atoms with Gasteiger partial charge in [0.2, 0.25) is 0 Å². The molecule has 0 radical (unpaired) electrons. The Kier molecular flexibility index (Phi) is 8.65. The summed E-state index contributed by atoms with van der Waals surface area (Å²) in [5, 5.41) is 0. The van der Waals surface area contributed by atoms with Crippen molar-refractivity contribution in [2.75, 3.05) is 0 Å². The van der Waals surface area contributed by atoms with Crippen LogP contribution in [0.1, 0.15) is 5.69 Å². The van der Waals surface area contributed by atoms with Gasteiger partial charge in [0, 0.05) is 11.9 Å².